The molecule has 1 aliphatic heterocycles. The van der Waals surface area contributed by atoms with E-state index in [1.54, 1.807) is 32.6 Å². The van der Waals surface area contributed by atoms with Gasteiger partial charge in [-0.05, 0) is 56.8 Å². The monoisotopic (exact) mass is 543 g/mol. The molecular weight excluding hydrogens is 494 g/mol. The third-order valence-corrected chi connectivity index (χ3v) is 10.9. The third-order valence-electron chi connectivity index (χ3n) is 8.04. The normalized spacial score (nSPS) is 25.6. The van der Waals surface area contributed by atoms with Crippen molar-refractivity contribution in [1.29, 1.82) is 0 Å². The van der Waals surface area contributed by atoms with E-state index in [0.29, 0.717) is 13.0 Å². The predicted molar refractivity (Wildman–Crippen MR) is 145 cm³/mol. The van der Waals surface area contributed by atoms with Gasteiger partial charge in [-0.15, -0.1) is 0 Å². The van der Waals surface area contributed by atoms with Gasteiger partial charge in [-0.1, -0.05) is 48.5 Å². The summed E-state index contributed by atoms with van der Waals surface area (Å²) in [5.41, 5.74) is -1.75. The van der Waals surface area contributed by atoms with Crippen molar-refractivity contribution in [2.75, 3.05) is 19.4 Å². The lowest BCUT2D eigenvalue weighted by Crippen LogP contribution is -2.62. The van der Waals surface area contributed by atoms with Crippen LogP contribution >= 0.6 is 0 Å². The van der Waals surface area contributed by atoms with Crippen molar-refractivity contribution in [3.8, 4) is 0 Å². The number of esters is 1. The molecule has 3 amide bonds. The van der Waals surface area contributed by atoms with Gasteiger partial charge in [0, 0.05) is 12.5 Å². The van der Waals surface area contributed by atoms with E-state index in [9.17, 15) is 22.8 Å². The topological polar surface area (TPSA) is 122 Å². The fourth-order valence-electron chi connectivity index (χ4n) is 5.84. The molecule has 0 bridgehead atoms. The van der Waals surface area contributed by atoms with Crippen molar-refractivity contribution in [3.63, 3.8) is 0 Å². The smallest absolute Gasteiger partial charge is 0.328 e. The average molecular weight is 544 g/mol. The minimum atomic E-state index is -3.53. The number of nitrogens with zero attached hydrogens (tertiary/aromatic N) is 1. The van der Waals surface area contributed by atoms with E-state index < -0.39 is 49.6 Å². The molecule has 9 nitrogen and oxygen atoms in total. The number of methoxy groups -OCH3 is 1. The molecule has 2 rings (SSSR count). The van der Waals surface area contributed by atoms with Crippen LogP contribution in [0.25, 0.3) is 0 Å². The summed E-state index contributed by atoms with van der Waals surface area (Å²) in [7, 11) is -2.21. The number of piperidine rings is 1. The molecule has 214 valence electrons. The first-order valence-corrected chi connectivity index (χ1v) is 14.8. The van der Waals surface area contributed by atoms with Crippen molar-refractivity contribution in [1.82, 2.24) is 15.5 Å². The number of hydrogen-bond donors (Lipinski definition) is 2. The van der Waals surface area contributed by atoms with Crippen molar-refractivity contribution < 1.29 is 27.5 Å². The number of rotatable bonds is 8. The van der Waals surface area contributed by atoms with E-state index in [0.717, 1.165) is 0 Å². The quantitative estimate of drug-likeness (QED) is 0.453. The number of urea groups is 1. The molecule has 0 aromatic rings. The van der Waals surface area contributed by atoms with Crippen LogP contribution in [0.3, 0.4) is 0 Å². The molecule has 0 spiro atoms. The summed E-state index contributed by atoms with van der Waals surface area (Å²) in [6.07, 6.45) is 0.443. The highest BCUT2D eigenvalue weighted by Crippen LogP contribution is 2.65. The Morgan fingerprint density at radius 2 is 1.59 bits per heavy atom. The number of sulfone groups is 1. The second-order valence-corrected chi connectivity index (χ2v) is 17.1. The molecule has 0 aromatic carbocycles. The van der Waals surface area contributed by atoms with Gasteiger partial charge in [-0.3, -0.25) is 4.79 Å². The number of nitrogens with one attached hydrogen (secondary N) is 2. The minimum absolute atomic E-state index is 0.0234. The Balaban J connectivity index is 2.29. The summed E-state index contributed by atoms with van der Waals surface area (Å²) in [5.74, 6) is -0.657. The van der Waals surface area contributed by atoms with E-state index in [4.69, 9.17) is 4.74 Å². The van der Waals surface area contributed by atoms with Crippen LogP contribution < -0.4 is 10.6 Å². The summed E-state index contributed by atoms with van der Waals surface area (Å²) in [6, 6.07) is -2.22. The molecule has 5 atom stereocenters. The van der Waals surface area contributed by atoms with Crippen LogP contribution in [0.4, 0.5) is 4.79 Å². The zero-order valence-electron chi connectivity index (χ0n) is 24.8. The van der Waals surface area contributed by atoms with E-state index in [1.807, 2.05) is 34.6 Å². The van der Waals surface area contributed by atoms with Crippen molar-refractivity contribution in [2.24, 2.45) is 28.6 Å². The molecule has 2 fully saturated rings. The summed E-state index contributed by atoms with van der Waals surface area (Å²) in [4.78, 5) is 41.4. The lowest BCUT2D eigenvalue weighted by atomic mass is 9.85. The third kappa shape index (κ3) is 6.60. The highest BCUT2D eigenvalue weighted by Gasteiger charge is 2.70. The molecule has 0 radical (unpaired) electrons. The molecule has 1 saturated heterocycles. The van der Waals surface area contributed by atoms with Crippen LogP contribution in [-0.4, -0.2) is 73.0 Å². The SMILES string of the molecule is COC(=O)[C@@H]1C2C(CN1C(=O)C(NC(=O)N[C@@](C)(CC(C)C)CS(=O)(=O)C(C)(C)C)C(C)(C)C)C2(C)C. The number of amides is 3. The molecular formula is C27H49N3O6S. The predicted octanol–water partition coefficient (Wildman–Crippen LogP) is 3.37. The van der Waals surface area contributed by atoms with Crippen LogP contribution in [0.5, 0.6) is 0 Å². The molecule has 2 aliphatic rings. The van der Waals surface area contributed by atoms with Gasteiger partial charge >= 0.3 is 12.0 Å². The largest absolute Gasteiger partial charge is 0.467 e. The zero-order chi connectivity index (χ0) is 28.9. The Hall–Kier alpha value is -1.84. The fraction of sp³-hybridized carbons (Fsp3) is 0.889. The van der Waals surface area contributed by atoms with E-state index in [2.05, 4.69) is 24.5 Å². The Kier molecular flexibility index (Phi) is 8.52. The van der Waals surface area contributed by atoms with Crippen molar-refractivity contribution >= 4 is 27.7 Å². The highest BCUT2D eigenvalue weighted by atomic mass is 32.2. The molecule has 0 aromatic heterocycles. The van der Waals surface area contributed by atoms with Gasteiger partial charge < -0.3 is 20.3 Å². The first kappa shape index (κ1) is 31.4. The van der Waals surface area contributed by atoms with E-state index >= 15 is 0 Å². The van der Waals surface area contributed by atoms with Crippen LogP contribution in [-0.2, 0) is 24.2 Å². The number of carbonyl (C=O) groups excluding carboxylic acids is 3. The number of likely N-dealkylation sites (tertiary alicyclic amines) is 1. The van der Waals surface area contributed by atoms with Gasteiger partial charge in [0.15, 0.2) is 9.84 Å². The first-order chi connectivity index (χ1) is 16.5. The lowest BCUT2D eigenvalue weighted by molar-refractivity contribution is -0.154. The minimum Gasteiger partial charge on any atom is -0.467 e. The second kappa shape index (κ2) is 10.0. The summed E-state index contributed by atoms with van der Waals surface area (Å²) in [6.45, 7) is 20.8. The lowest BCUT2D eigenvalue weighted by Gasteiger charge is -2.39. The summed E-state index contributed by atoms with van der Waals surface area (Å²) < 4.78 is 30.1. The van der Waals surface area contributed by atoms with Gasteiger partial charge in [0.25, 0.3) is 0 Å². The van der Waals surface area contributed by atoms with Gasteiger partial charge in [-0.2, -0.15) is 0 Å². The Morgan fingerprint density at radius 3 is 2.03 bits per heavy atom. The number of carbonyl (C=O) groups is 3. The molecule has 10 heteroatoms. The molecule has 1 aliphatic carbocycles. The van der Waals surface area contributed by atoms with Crippen LogP contribution in [0.2, 0.25) is 0 Å². The Morgan fingerprint density at radius 1 is 1.05 bits per heavy atom. The van der Waals surface area contributed by atoms with Crippen LogP contribution in [0.15, 0.2) is 0 Å². The first-order valence-electron chi connectivity index (χ1n) is 13.2. The number of hydrogen-bond acceptors (Lipinski definition) is 6. The van der Waals surface area contributed by atoms with Crippen LogP contribution in [0.1, 0.15) is 82.6 Å². The van der Waals surface area contributed by atoms with Gasteiger partial charge in [0.1, 0.15) is 12.1 Å². The average Bonchev–Trinajstić information content (AvgIpc) is 3.03. The molecule has 3 unspecified atom stereocenters. The zero-order valence-corrected chi connectivity index (χ0v) is 25.6. The standard InChI is InChI=1S/C27H49N3O6S/c1-16(2)13-27(11,15-37(34,35)25(6,7)8)29-23(33)28-20(24(3,4)5)21(31)30-14-17-18(26(17,9)10)19(30)22(32)36-12/h16-20H,13-15H2,1-12H3,(H2,28,29,33)/t17?,18?,19-,20?,27-/m0/s1. The second-order valence-electron chi connectivity index (χ2n) is 14.3. The van der Waals surface area contributed by atoms with Gasteiger partial charge in [-0.25, -0.2) is 18.0 Å². The van der Waals surface area contributed by atoms with Crippen molar-refractivity contribution in [3.05, 3.63) is 0 Å². The van der Waals surface area contributed by atoms with Crippen molar-refractivity contribution in [2.45, 2.75) is 105 Å². The summed E-state index contributed by atoms with van der Waals surface area (Å²) in [5, 5.41) is 5.71. The van der Waals surface area contributed by atoms with Gasteiger partial charge in [0.05, 0.1) is 23.1 Å². The maximum absolute atomic E-state index is 13.8. The maximum Gasteiger partial charge on any atom is 0.328 e. The summed E-state index contributed by atoms with van der Waals surface area (Å²) >= 11 is 0. The maximum atomic E-state index is 13.8. The molecule has 2 N–H and O–H groups in total. The van der Waals surface area contributed by atoms with Crippen LogP contribution in [0, 0.1) is 28.6 Å². The fourth-order valence-corrected chi connectivity index (χ4v) is 7.30. The van der Waals surface area contributed by atoms with Gasteiger partial charge in [0.2, 0.25) is 5.91 Å². The molecule has 1 saturated carbocycles. The Labute approximate surface area is 223 Å². The number of ether oxygens (including phenoxy) is 1. The number of fused-ring (bicyclic) bond motifs is 1. The van der Waals surface area contributed by atoms with E-state index in [1.165, 1.54) is 7.11 Å². The molecule has 37 heavy (non-hydrogen) atoms. The molecule has 1 heterocycles. The highest BCUT2D eigenvalue weighted by molar-refractivity contribution is 7.92. The Bertz CT molecular complexity index is 1010. The van der Waals surface area contributed by atoms with E-state index in [-0.39, 0.29) is 34.8 Å².